The lowest BCUT2D eigenvalue weighted by Crippen LogP contribution is -2.81. The number of nitrogens with zero attached hydrogens (tertiary/aromatic N) is 4. The Balaban J connectivity index is 1.63. The van der Waals surface area contributed by atoms with Gasteiger partial charge < -0.3 is 20.0 Å². The van der Waals surface area contributed by atoms with Crippen LogP contribution < -0.4 is 5.32 Å². The normalized spacial score (nSPS) is 18.1. The summed E-state index contributed by atoms with van der Waals surface area (Å²) in [6, 6.07) is 12.3. The van der Waals surface area contributed by atoms with Crippen LogP contribution >= 0.6 is 0 Å². The first-order chi connectivity index (χ1) is 17.0. The maximum absolute atomic E-state index is 13.8. The van der Waals surface area contributed by atoms with Gasteiger partial charge >= 0.3 is 12.2 Å². The van der Waals surface area contributed by atoms with Gasteiger partial charge in [0.05, 0.1) is 36.3 Å². The maximum atomic E-state index is 13.8. The first kappa shape index (κ1) is 25.0. The van der Waals surface area contributed by atoms with E-state index in [1.807, 2.05) is 6.07 Å². The lowest BCUT2D eigenvalue weighted by molar-refractivity contribution is -0.178. The summed E-state index contributed by atoms with van der Waals surface area (Å²) in [4.78, 5) is 43.6. The minimum atomic E-state index is -4.49. The molecule has 4 rings (SSSR count). The Morgan fingerprint density at radius 1 is 1.11 bits per heavy atom. The van der Waals surface area contributed by atoms with Gasteiger partial charge in [-0.15, -0.1) is 0 Å². The molecule has 2 fully saturated rings. The molecule has 1 spiro atoms. The number of alkyl halides is 3. The summed E-state index contributed by atoms with van der Waals surface area (Å²) in [7, 11) is 1.46. The SMILES string of the molecule is CNC(=O)N1CC2(C1)C(=O)N(C(C)c1ccc(C#N)cc1)CC(=O)N2Cc1ccc(C(F)(F)F)cc1. The molecule has 2 heterocycles. The molecule has 0 bridgehead atoms. The van der Waals surface area contributed by atoms with E-state index >= 15 is 0 Å². The molecule has 2 aromatic carbocycles. The third-order valence-corrected chi connectivity index (χ3v) is 6.80. The molecule has 1 atom stereocenters. The summed E-state index contributed by atoms with van der Waals surface area (Å²) >= 11 is 0. The van der Waals surface area contributed by atoms with Crippen molar-refractivity contribution in [1.82, 2.24) is 20.0 Å². The fourth-order valence-corrected chi connectivity index (χ4v) is 4.67. The molecule has 2 saturated heterocycles. The van der Waals surface area contributed by atoms with E-state index in [-0.39, 0.29) is 38.0 Å². The number of hydrogen-bond donors (Lipinski definition) is 1. The Hall–Kier alpha value is -4.07. The number of halogens is 3. The monoisotopic (exact) mass is 499 g/mol. The van der Waals surface area contributed by atoms with Gasteiger partial charge in [-0.25, -0.2) is 4.79 Å². The lowest BCUT2D eigenvalue weighted by atomic mass is 9.82. The third kappa shape index (κ3) is 4.34. The van der Waals surface area contributed by atoms with Gasteiger partial charge in [0.25, 0.3) is 5.91 Å². The summed E-state index contributed by atoms with van der Waals surface area (Å²) in [5.74, 6) is -0.711. The van der Waals surface area contributed by atoms with E-state index in [0.29, 0.717) is 11.1 Å². The molecule has 0 saturated carbocycles. The Bertz CT molecular complexity index is 1220. The second-order valence-corrected chi connectivity index (χ2v) is 8.96. The fraction of sp³-hybridized carbons (Fsp3) is 0.360. The van der Waals surface area contributed by atoms with Gasteiger partial charge in [-0.1, -0.05) is 24.3 Å². The highest BCUT2D eigenvalue weighted by Crippen LogP contribution is 2.38. The summed E-state index contributed by atoms with van der Waals surface area (Å²) in [5.41, 5.74) is -0.490. The Morgan fingerprint density at radius 2 is 1.72 bits per heavy atom. The number of likely N-dealkylation sites (tertiary alicyclic amines) is 1. The smallest absolute Gasteiger partial charge is 0.341 e. The van der Waals surface area contributed by atoms with Crippen molar-refractivity contribution in [2.75, 3.05) is 26.7 Å². The van der Waals surface area contributed by atoms with E-state index in [9.17, 15) is 27.6 Å². The van der Waals surface area contributed by atoms with Crippen LogP contribution in [0.3, 0.4) is 0 Å². The standard InChI is InChI=1S/C25H24F3N5O3/c1-16(19-7-3-17(11-29)4-8-19)32-13-21(34)33(12-18-5-9-20(10-6-18)25(26,27)28)24(22(32)35)14-31(15-24)23(36)30-2/h3-10,16H,12-15H2,1-2H3,(H,30,36). The quantitative estimate of drug-likeness (QED) is 0.700. The van der Waals surface area contributed by atoms with E-state index in [1.54, 1.807) is 31.2 Å². The molecule has 0 radical (unpaired) electrons. The average molecular weight is 499 g/mol. The second-order valence-electron chi connectivity index (χ2n) is 8.96. The first-order valence-corrected chi connectivity index (χ1v) is 11.2. The number of rotatable bonds is 4. The minimum absolute atomic E-state index is 0.0333. The van der Waals surface area contributed by atoms with Crippen molar-refractivity contribution in [3.63, 3.8) is 0 Å². The van der Waals surface area contributed by atoms with Crippen LogP contribution in [-0.4, -0.2) is 64.8 Å². The molecule has 2 aliphatic rings. The van der Waals surface area contributed by atoms with Gasteiger partial charge in [0.15, 0.2) is 5.54 Å². The number of urea groups is 1. The third-order valence-electron chi connectivity index (χ3n) is 6.80. The van der Waals surface area contributed by atoms with E-state index in [2.05, 4.69) is 5.32 Å². The molecular formula is C25H24F3N5O3. The number of carbonyl (C=O) groups excluding carboxylic acids is 3. The number of nitrogens with one attached hydrogen (secondary N) is 1. The molecule has 2 aromatic rings. The van der Waals surface area contributed by atoms with Crippen LogP contribution in [0.2, 0.25) is 0 Å². The predicted octanol–water partition coefficient (Wildman–Crippen LogP) is 2.90. The number of hydrogen-bond acceptors (Lipinski definition) is 4. The first-order valence-electron chi connectivity index (χ1n) is 11.2. The number of carbonyl (C=O) groups is 3. The van der Waals surface area contributed by atoms with Crippen molar-refractivity contribution < 1.29 is 27.6 Å². The summed E-state index contributed by atoms with van der Waals surface area (Å²) < 4.78 is 38.9. The van der Waals surface area contributed by atoms with Crippen LogP contribution in [0.4, 0.5) is 18.0 Å². The van der Waals surface area contributed by atoms with Gasteiger partial charge in [-0.05, 0) is 42.3 Å². The summed E-state index contributed by atoms with van der Waals surface area (Å²) in [6.45, 7) is 1.43. The molecular weight excluding hydrogens is 475 g/mol. The largest absolute Gasteiger partial charge is 0.416 e. The molecule has 0 aliphatic carbocycles. The number of nitriles is 1. The zero-order chi connectivity index (χ0) is 26.3. The van der Waals surface area contributed by atoms with Gasteiger partial charge in [0.2, 0.25) is 5.91 Å². The van der Waals surface area contributed by atoms with Gasteiger partial charge in [-0.2, -0.15) is 18.4 Å². The zero-order valence-corrected chi connectivity index (χ0v) is 19.7. The molecule has 0 aromatic heterocycles. The molecule has 36 heavy (non-hydrogen) atoms. The second kappa shape index (κ2) is 9.18. The molecule has 8 nitrogen and oxygen atoms in total. The van der Waals surface area contributed by atoms with Gasteiger partial charge in [0.1, 0.15) is 6.54 Å². The highest BCUT2D eigenvalue weighted by molar-refractivity contribution is 6.00. The average Bonchev–Trinajstić information content (AvgIpc) is 2.84. The van der Waals surface area contributed by atoms with Gasteiger partial charge in [-0.3, -0.25) is 9.59 Å². The Labute approximate surface area is 205 Å². The van der Waals surface area contributed by atoms with Crippen molar-refractivity contribution in [2.24, 2.45) is 0 Å². The van der Waals surface area contributed by atoms with Crippen LogP contribution in [0.15, 0.2) is 48.5 Å². The van der Waals surface area contributed by atoms with Crippen LogP contribution in [0, 0.1) is 11.3 Å². The zero-order valence-electron chi connectivity index (χ0n) is 19.7. The van der Waals surface area contributed by atoms with Crippen LogP contribution in [0.1, 0.15) is 35.2 Å². The number of piperazine rings is 1. The van der Waals surface area contributed by atoms with Crippen LogP contribution in [-0.2, 0) is 22.3 Å². The van der Waals surface area contributed by atoms with E-state index in [4.69, 9.17) is 5.26 Å². The van der Waals surface area contributed by atoms with Crippen molar-refractivity contribution in [3.05, 3.63) is 70.8 Å². The van der Waals surface area contributed by atoms with E-state index in [0.717, 1.165) is 17.7 Å². The van der Waals surface area contributed by atoms with Crippen molar-refractivity contribution >= 4 is 17.8 Å². The maximum Gasteiger partial charge on any atom is 0.416 e. The fourth-order valence-electron chi connectivity index (χ4n) is 4.67. The summed E-state index contributed by atoms with van der Waals surface area (Å²) in [5, 5.41) is 11.5. The predicted molar refractivity (Wildman–Crippen MR) is 122 cm³/mol. The van der Waals surface area contributed by atoms with Crippen molar-refractivity contribution in [3.8, 4) is 6.07 Å². The topological polar surface area (TPSA) is 96.7 Å². The van der Waals surface area contributed by atoms with E-state index < -0.39 is 29.4 Å². The van der Waals surface area contributed by atoms with Crippen LogP contribution in [0.5, 0.6) is 0 Å². The van der Waals surface area contributed by atoms with Crippen molar-refractivity contribution in [2.45, 2.75) is 31.2 Å². The minimum Gasteiger partial charge on any atom is -0.341 e. The van der Waals surface area contributed by atoms with Crippen LogP contribution in [0.25, 0.3) is 0 Å². The molecule has 188 valence electrons. The Kier molecular flexibility index (Phi) is 6.39. The van der Waals surface area contributed by atoms with Gasteiger partial charge in [0, 0.05) is 13.6 Å². The highest BCUT2D eigenvalue weighted by atomic mass is 19.4. The number of amides is 4. The molecule has 11 heteroatoms. The Morgan fingerprint density at radius 3 is 2.25 bits per heavy atom. The molecule has 1 N–H and O–H groups in total. The summed E-state index contributed by atoms with van der Waals surface area (Å²) in [6.07, 6.45) is -4.49. The van der Waals surface area contributed by atoms with E-state index in [1.165, 1.54) is 33.9 Å². The highest BCUT2D eigenvalue weighted by Gasteiger charge is 2.61. The molecule has 1 unspecified atom stereocenters. The number of benzene rings is 2. The lowest BCUT2D eigenvalue weighted by Gasteiger charge is -2.58. The molecule has 2 aliphatic heterocycles. The van der Waals surface area contributed by atoms with Crippen molar-refractivity contribution in [1.29, 1.82) is 5.26 Å². The molecule has 4 amide bonds.